The summed E-state index contributed by atoms with van der Waals surface area (Å²) in [5.41, 5.74) is 3.34. The van der Waals surface area contributed by atoms with Gasteiger partial charge in [0.2, 0.25) is 0 Å². The third-order valence-electron chi connectivity index (χ3n) is 4.55. The summed E-state index contributed by atoms with van der Waals surface area (Å²) in [5, 5.41) is 0.696. The van der Waals surface area contributed by atoms with E-state index in [0.717, 1.165) is 16.7 Å². The SMILES string of the molecule is COC(=O)[C@@H](C)Oc1cc(C)cc2oc(=O)c(Cc3ccccc3)c(C)c12. The van der Waals surface area contributed by atoms with Gasteiger partial charge in [0.15, 0.2) is 6.10 Å². The van der Waals surface area contributed by atoms with Crippen molar-refractivity contribution in [2.24, 2.45) is 0 Å². The molecule has 1 aromatic heterocycles. The second-order valence-electron chi connectivity index (χ2n) is 6.57. The van der Waals surface area contributed by atoms with Crippen LogP contribution in [-0.4, -0.2) is 19.2 Å². The van der Waals surface area contributed by atoms with E-state index in [4.69, 9.17) is 13.9 Å². The summed E-state index contributed by atoms with van der Waals surface area (Å²) in [5.74, 6) is 0.0302. The second kappa shape index (κ2) is 7.66. The Kier molecular flexibility index (Phi) is 5.31. The van der Waals surface area contributed by atoms with Crippen LogP contribution in [0, 0.1) is 13.8 Å². The van der Waals surface area contributed by atoms with Crippen molar-refractivity contribution < 1.29 is 18.7 Å². The Bertz CT molecular complexity index is 1030. The van der Waals surface area contributed by atoms with Crippen LogP contribution in [0.3, 0.4) is 0 Å². The van der Waals surface area contributed by atoms with Gasteiger partial charge < -0.3 is 13.9 Å². The first-order chi connectivity index (χ1) is 12.9. The number of carbonyl (C=O) groups excluding carboxylic acids is 1. The summed E-state index contributed by atoms with van der Waals surface area (Å²) in [6, 6.07) is 13.4. The Labute approximate surface area is 157 Å². The van der Waals surface area contributed by atoms with E-state index in [-0.39, 0.29) is 5.63 Å². The first kappa shape index (κ1) is 18.7. The molecule has 1 heterocycles. The quantitative estimate of drug-likeness (QED) is 0.505. The van der Waals surface area contributed by atoms with E-state index in [0.29, 0.717) is 28.7 Å². The largest absolute Gasteiger partial charge is 0.478 e. The third kappa shape index (κ3) is 3.87. The summed E-state index contributed by atoms with van der Waals surface area (Å²) < 4.78 is 16.2. The van der Waals surface area contributed by atoms with E-state index in [1.165, 1.54) is 7.11 Å². The van der Waals surface area contributed by atoms with E-state index in [1.54, 1.807) is 13.0 Å². The van der Waals surface area contributed by atoms with E-state index >= 15 is 0 Å². The second-order valence-corrected chi connectivity index (χ2v) is 6.57. The summed E-state index contributed by atoms with van der Waals surface area (Å²) >= 11 is 0. The van der Waals surface area contributed by atoms with Crippen LogP contribution in [0.25, 0.3) is 11.0 Å². The predicted octanol–water partition coefficient (Wildman–Crippen LogP) is 3.94. The number of hydrogen-bond acceptors (Lipinski definition) is 5. The summed E-state index contributed by atoms with van der Waals surface area (Å²) in [7, 11) is 1.32. The molecule has 0 bridgehead atoms. The first-order valence-corrected chi connectivity index (χ1v) is 8.76. The van der Waals surface area contributed by atoms with Gasteiger partial charge in [-0.1, -0.05) is 30.3 Å². The smallest absolute Gasteiger partial charge is 0.346 e. The zero-order valence-corrected chi connectivity index (χ0v) is 15.9. The van der Waals surface area contributed by atoms with Crippen LogP contribution in [0.2, 0.25) is 0 Å². The van der Waals surface area contributed by atoms with Gasteiger partial charge in [-0.25, -0.2) is 9.59 Å². The number of rotatable bonds is 5. The van der Waals surface area contributed by atoms with Crippen LogP contribution in [-0.2, 0) is 16.0 Å². The molecule has 0 aliphatic rings. The number of hydrogen-bond donors (Lipinski definition) is 0. The van der Waals surface area contributed by atoms with Crippen LogP contribution >= 0.6 is 0 Å². The number of carbonyl (C=O) groups is 1. The zero-order valence-electron chi connectivity index (χ0n) is 15.9. The lowest BCUT2D eigenvalue weighted by atomic mass is 9.98. The van der Waals surface area contributed by atoms with Gasteiger partial charge in [-0.05, 0) is 49.6 Å². The fourth-order valence-corrected chi connectivity index (χ4v) is 3.14. The molecule has 0 spiro atoms. The minimum Gasteiger partial charge on any atom is -0.478 e. The van der Waals surface area contributed by atoms with Crippen LogP contribution in [0.5, 0.6) is 5.75 Å². The lowest BCUT2D eigenvalue weighted by molar-refractivity contribution is -0.147. The Balaban J connectivity index is 2.14. The van der Waals surface area contributed by atoms with Crippen LogP contribution in [0.15, 0.2) is 51.7 Å². The molecule has 0 saturated heterocycles. The van der Waals surface area contributed by atoms with Gasteiger partial charge >= 0.3 is 11.6 Å². The molecule has 1 atom stereocenters. The molecule has 27 heavy (non-hydrogen) atoms. The molecule has 0 aliphatic carbocycles. The van der Waals surface area contributed by atoms with Crippen LogP contribution < -0.4 is 10.4 Å². The zero-order chi connectivity index (χ0) is 19.6. The number of aryl methyl sites for hydroxylation is 2. The Hall–Kier alpha value is -3.08. The summed E-state index contributed by atoms with van der Waals surface area (Å²) in [6.07, 6.45) is -0.311. The average Bonchev–Trinajstić information content (AvgIpc) is 2.64. The maximum atomic E-state index is 12.6. The van der Waals surface area contributed by atoms with Crippen molar-refractivity contribution in [2.45, 2.75) is 33.3 Å². The van der Waals surface area contributed by atoms with Crippen molar-refractivity contribution in [3.8, 4) is 5.75 Å². The fourth-order valence-electron chi connectivity index (χ4n) is 3.14. The molecule has 140 valence electrons. The van der Waals surface area contributed by atoms with Gasteiger partial charge in [0.1, 0.15) is 11.3 Å². The highest BCUT2D eigenvalue weighted by atomic mass is 16.6. The van der Waals surface area contributed by atoms with E-state index in [2.05, 4.69) is 0 Å². The monoisotopic (exact) mass is 366 g/mol. The van der Waals surface area contributed by atoms with Gasteiger partial charge in [-0.3, -0.25) is 0 Å². The summed E-state index contributed by atoms with van der Waals surface area (Å²) in [6.45, 7) is 5.38. The maximum absolute atomic E-state index is 12.6. The number of ether oxygens (including phenoxy) is 2. The molecule has 3 rings (SSSR count). The van der Waals surface area contributed by atoms with Crippen molar-refractivity contribution >= 4 is 16.9 Å². The number of fused-ring (bicyclic) bond motifs is 1. The van der Waals surface area contributed by atoms with Crippen molar-refractivity contribution in [3.05, 3.63) is 75.1 Å². The van der Waals surface area contributed by atoms with Crippen molar-refractivity contribution in [1.82, 2.24) is 0 Å². The lowest BCUT2D eigenvalue weighted by Crippen LogP contribution is -2.25. The predicted molar refractivity (Wildman–Crippen MR) is 103 cm³/mol. The minimum atomic E-state index is -0.774. The maximum Gasteiger partial charge on any atom is 0.346 e. The number of methoxy groups -OCH3 is 1. The highest BCUT2D eigenvalue weighted by molar-refractivity contribution is 5.89. The molecular formula is C22H22O5. The highest BCUT2D eigenvalue weighted by Gasteiger charge is 2.20. The van der Waals surface area contributed by atoms with Crippen LogP contribution in [0.1, 0.15) is 29.2 Å². The molecular weight excluding hydrogens is 344 g/mol. The molecule has 3 aromatic rings. The Morgan fingerprint density at radius 3 is 2.52 bits per heavy atom. The molecule has 0 saturated carbocycles. The molecule has 0 amide bonds. The standard InChI is InChI=1S/C22H22O5/c1-13-10-18(26-15(3)21(23)25-4)20-14(2)17(22(24)27-19(20)11-13)12-16-8-6-5-7-9-16/h5-11,15H,12H2,1-4H3/t15-/m1/s1. The molecule has 0 fully saturated rings. The molecule has 0 radical (unpaired) electrons. The van der Waals surface area contributed by atoms with Crippen LogP contribution in [0.4, 0.5) is 0 Å². The average molecular weight is 366 g/mol. The third-order valence-corrected chi connectivity index (χ3v) is 4.55. The van der Waals surface area contributed by atoms with Gasteiger partial charge in [0, 0.05) is 12.0 Å². The summed E-state index contributed by atoms with van der Waals surface area (Å²) in [4.78, 5) is 24.3. The van der Waals surface area contributed by atoms with E-state index in [1.807, 2.05) is 50.2 Å². The molecule has 2 aromatic carbocycles. The van der Waals surface area contributed by atoms with Gasteiger partial charge in [-0.15, -0.1) is 0 Å². The lowest BCUT2D eigenvalue weighted by Gasteiger charge is -2.17. The Morgan fingerprint density at radius 2 is 1.85 bits per heavy atom. The Morgan fingerprint density at radius 1 is 1.15 bits per heavy atom. The molecule has 5 heteroatoms. The molecule has 5 nitrogen and oxygen atoms in total. The fraction of sp³-hybridized carbons (Fsp3) is 0.273. The first-order valence-electron chi connectivity index (χ1n) is 8.76. The molecule has 0 N–H and O–H groups in total. The number of esters is 1. The van der Waals surface area contributed by atoms with Gasteiger partial charge in [0.25, 0.3) is 0 Å². The van der Waals surface area contributed by atoms with Crippen molar-refractivity contribution in [1.29, 1.82) is 0 Å². The van der Waals surface area contributed by atoms with E-state index in [9.17, 15) is 9.59 Å². The molecule has 0 aliphatic heterocycles. The van der Waals surface area contributed by atoms with E-state index < -0.39 is 12.1 Å². The minimum absolute atomic E-state index is 0.360. The normalized spacial score (nSPS) is 12.0. The van der Waals surface area contributed by atoms with Gasteiger partial charge in [-0.2, -0.15) is 0 Å². The molecule has 0 unspecified atom stereocenters. The highest BCUT2D eigenvalue weighted by Crippen LogP contribution is 2.32. The van der Waals surface area contributed by atoms with Gasteiger partial charge in [0.05, 0.1) is 12.5 Å². The van der Waals surface area contributed by atoms with Crippen molar-refractivity contribution in [2.75, 3.05) is 7.11 Å². The van der Waals surface area contributed by atoms with Crippen molar-refractivity contribution in [3.63, 3.8) is 0 Å². The topological polar surface area (TPSA) is 65.7 Å². The number of benzene rings is 2.